The first-order valence-corrected chi connectivity index (χ1v) is 10.1. The van der Waals surface area contributed by atoms with Crippen LogP contribution in [0.25, 0.3) is 0 Å². The monoisotopic (exact) mass is 401 g/mol. The molecule has 0 spiro atoms. The van der Waals surface area contributed by atoms with Gasteiger partial charge < -0.3 is 20.3 Å². The van der Waals surface area contributed by atoms with E-state index in [9.17, 15) is 19.2 Å². The van der Waals surface area contributed by atoms with Crippen molar-refractivity contribution in [1.82, 2.24) is 4.90 Å². The number of hydrogen-bond donors (Lipinski definition) is 1. The highest BCUT2D eigenvalue weighted by Crippen LogP contribution is 2.28. The Morgan fingerprint density at radius 1 is 1.10 bits per heavy atom. The molecule has 2 saturated heterocycles. The number of piperidine rings is 1. The molecule has 0 radical (unpaired) electrons. The van der Waals surface area contributed by atoms with Crippen LogP contribution in [-0.4, -0.2) is 54.8 Å². The molecule has 2 N–H and O–H groups in total. The zero-order valence-corrected chi connectivity index (χ0v) is 16.6. The number of nitrogens with zero attached hydrogens (tertiary/aromatic N) is 2. The number of likely N-dealkylation sites (tertiary alicyclic amines) is 1. The first-order valence-electron chi connectivity index (χ1n) is 10.1. The Morgan fingerprint density at radius 2 is 1.76 bits per heavy atom. The van der Waals surface area contributed by atoms with E-state index in [0.29, 0.717) is 50.3 Å². The molecule has 8 nitrogen and oxygen atoms in total. The molecule has 3 rings (SSSR count). The first-order chi connectivity index (χ1) is 13.9. The van der Waals surface area contributed by atoms with E-state index in [-0.39, 0.29) is 30.1 Å². The fraction of sp³-hybridized carbons (Fsp3) is 0.524. The Bertz CT molecular complexity index is 784. The molecule has 1 aromatic rings. The first kappa shape index (κ1) is 20.8. The number of ether oxygens (including phenoxy) is 1. The van der Waals surface area contributed by atoms with Crippen molar-refractivity contribution in [1.29, 1.82) is 0 Å². The van der Waals surface area contributed by atoms with Crippen LogP contribution in [0, 0.1) is 11.8 Å². The normalized spacial score (nSPS) is 20.0. The van der Waals surface area contributed by atoms with Gasteiger partial charge >= 0.3 is 5.97 Å². The largest absolute Gasteiger partial charge is 0.462 e. The maximum absolute atomic E-state index is 12.8. The predicted octanol–water partition coefficient (Wildman–Crippen LogP) is 1.33. The summed E-state index contributed by atoms with van der Waals surface area (Å²) in [5.74, 6) is -1.45. The van der Waals surface area contributed by atoms with Crippen LogP contribution >= 0.6 is 0 Å². The molecule has 1 atom stereocenters. The van der Waals surface area contributed by atoms with Crippen molar-refractivity contribution in [3.05, 3.63) is 29.8 Å². The molecule has 0 aromatic heterocycles. The van der Waals surface area contributed by atoms with Gasteiger partial charge in [-0.05, 0) is 43.5 Å². The van der Waals surface area contributed by atoms with Crippen LogP contribution in [0.5, 0.6) is 0 Å². The van der Waals surface area contributed by atoms with Gasteiger partial charge in [0, 0.05) is 37.7 Å². The van der Waals surface area contributed by atoms with E-state index in [4.69, 9.17) is 10.5 Å². The molecular formula is C21H27N3O5. The molecule has 0 aliphatic carbocycles. The zero-order chi connectivity index (χ0) is 21.0. The van der Waals surface area contributed by atoms with Crippen molar-refractivity contribution in [2.75, 3.05) is 31.1 Å². The van der Waals surface area contributed by atoms with Crippen molar-refractivity contribution in [2.45, 2.75) is 32.6 Å². The number of hydrogen-bond acceptors (Lipinski definition) is 5. The highest BCUT2D eigenvalue weighted by atomic mass is 16.5. The van der Waals surface area contributed by atoms with Gasteiger partial charge in [-0.3, -0.25) is 14.4 Å². The second-order valence-electron chi connectivity index (χ2n) is 7.59. The van der Waals surface area contributed by atoms with E-state index in [1.165, 1.54) is 0 Å². The number of carbonyl (C=O) groups excluding carboxylic acids is 4. The van der Waals surface area contributed by atoms with Gasteiger partial charge in [-0.1, -0.05) is 6.92 Å². The molecule has 29 heavy (non-hydrogen) atoms. The van der Waals surface area contributed by atoms with Crippen LogP contribution in [0.4, 0.5) is 5.69 Å². The molecule has 2 aliphatic rings. The van der Waals surface area contributed by atoms with E-state index in [1.807, 2.05) is 6.92 Å². The molecule has 8 heteroatoms. The lowest BCUT2D eigenvalue weighted by molar-refractivity contribution is -0.138. The quantitative estimate of drug-likeness (QED) is 0.723. The van der Waals surface area contributed by atoms with Gasteiger partial charge in [0.15, 0.2) is 0 Å². The Hall–Kier alpha value is -2.90. The molecule has 0 saturated carbocycles. The van der Waals surface area contributed by atoms with Crippen molar-refractivity contribution in [3.8, 4) is 0 Å². The van der Waals surface area contributed by atoms with Crippen LogP contribution in [0.3, 0.4) is 0 Å². The minimum Gasteiger partial charge on any atom is -0.462 e. The summed E-state index contributed by atoms with van der Waals surface area (Å²) in [6, 6.07) is 6.66. The van der Waals surface area contributed by atoms with Gasteiger partial charge in [-0.2, -0.15) is 0 Å². The molecule has 156 valence electrons. The van der Waals surface area contributed by atoms with Gasteiger partial charge in [-0.25, -0.2) is 4.79 Å². The summed E-state index contributed by atoms with van der Waals surface area (Å²) in [6.45, 7) is 3.59. The zero-order valence-electron chi connectivity index (χ0n) is 16.6. The van der Waals surface area contributed by atoms with Crippen LogP contribution in [0.1, 0.15) is 43.0 Å². The maximum Gasteiger partial charge on any atom is 0.338 e. The highest BCUT2D eigenvalue weighted by Gasteiger charge is 2.38. The number of esters is 1. The topological polar surface area (TPSA) is 110 Å². The Labute approximate surface area is 170 Å². The summed E-state index contributed by atoms with van der Waals surface area (Å²) in [6.07, 6.45) is 2.05. The molecule has 1 unspecified atom stereocenters. The number of benzene rings is 1. The second-order valence-corrected chi connectivity index (χ2v) is 7.59. The number of anilines is 1. The SMILES string of the molecule is CCCOC(=O)c1ccc(N2CC(C(=O)N3CCC(C(N)=O)CC3)CC2=O)cc1. The predicted molar refractivity (Wildman–Crippen MR) is 106 cm³/mol. The van der Waals surface area contributed by atoms with Crippen LogP contribution in [0.15, 0.2) is 24.3 Å². The summed E-state index contributed by atoms with van der Waals surface area (Å²) in [7, 11) is 0. The lowest BCUT2D eigenvalue weighted by Crippen LogP contribution is -2.44. The molecule has 1 aromatic carbocycles. The lowest BCUT2D eigenvalue weighted by atomic mass is 9.95. The van der Waals surface area contributed by atoms with Gasteiger partial charge in [0.05, 0.1) is 18.1 Å². The number of primary amides is 1. The smallest absolute Gasteiger partial charge is 0.338 e. The average Bonchev–Trinajstić information content (AvgIpc) is 3.13. The van der Waals surface area contributed by atoms with Crippen LogP contribution < -0.4 is 10.6 Å². The number of amides is 3. The van der Waals surface area contributed by atoms with E-state index < -0.39 is 11.9 Å². The maximum atomic E-state index is 12.8. The molecular weight excluding hydrogens is 374 g/mol. The lowest BCUT2D eigenvalue weighted by Gasteiger charge is -2.32. The molecule has 3 amide bonds. The number of nitrogens with two attached hydrogens (primary N) is 1. The summed E-state index contributed by atoms with van der Waals surface area (Å²) < 4.78 is 5.10. The summed E-state index contributed by atoms with van der Waals surface area (Å²) in [5.41, 5.74) is 6.43. The fourth-order valence-corrected chi connectivity index (χ4v) is 3.82. The molecule has 0 bridgehead atoms. The van der Waals surface area contributed by atoms with Gasteiger partial charge in [0.1, 0.15) is 0 Å². The van der Waals surface area contributed by atoms with E-state index in [0.717, 1.165) is 6.42 Å². The standard InChI is InChI=1S/C21H27N3O5/c1-2-11-29-21(28)15-3-5-17(6-4-15)24-13-16(12-18(24)25)20(27)23-9-7-14(8-10-23)19(22)26/h3-6,14,16H,2,7-13H2,1H3,(H2,22,26). The Morgan fingerprint density at radius 3 is 2.34 bits per heavy atom. The third-order valence-electron chi connectivity index (χ3n) is 5.54. The van der Waals surface area contributed by atoms with Gasteiger partial charge in [-0.15, -0.1) is 0 Å². The highest BCUT2D eigenvalue weighted by molar-refractivity contribution is 6.00. The Balaban J connectivity index is 1.59. The van der Waals surface area contributed by atoms with Crippen LogP contribution in [-0.2, 0) is 19.1 Å². The average molecular weight is 401 g/mol. The minimum atomic E-state index is -0.401. The van der Waals surface area contributed by atoms with Crippen molar-refractivity contribution in [3.63, 3.8) is 0 Å². The molecule has 2 heterocycles. The summed E-state index contributed by atoms with van der Waals surface area (Å²) in [5, 5.41) is 0. The van der Waals surface area contributed by atoms with E-state index >= 15 is 0 Å². The van der Waals surface area contributed by atoms with Crippen molar-refractivity contribution >= 4 is 29.4 Å². The third-order valence-corrected chi connectivity index (χ3v) is 5.54. The van der Waals surface area contributed by atoms with E-state index in [1.54, 1.807) is 34.1 Å². The summed E-state index contributed by atoms with van der Waals surface area (Å²) >= 11 is 0. The molecule has 2 fully saturated rings. The second kappa shape index (κ2) is 9.07. The Kier molecular flexibility index (Phi) is 6.51. The number of rotatable bonds is 6. The van der Waals surface area contributed by atoms with Gasteiger partial charge in [0.25, 0.3) is 0 Å². The fourth-order valence-electron chi connectivity index (χ4n) is 3.82. The van der Waals surface area contributed by atoms with E-state index in [2.05, 4.69) is 0 Å². The number of carbonyl (C=O) groups is 4. The summed E-state index contributed by atoms with van der Waals surface area (Å²) in [4.78, 5) is 51.8. The molecule has 2 aliphatic heterocycles. The van der Waals surface area contributed by atoms with Crippen LogP contribution in [0.2, 0.25) is 0 Å². The van der Waals surface area contributed by atoms with Gasteiger partial charge in [0.2, 0.25) is 17.7 Å². The van der Waals surface area contributed by atoms with Crippen molar-refractivity contribution < 1.29 is 23.9 Å². The third kappa shape index (κ3) is 4.75. The van der Waals surface area contributed by atoms with Crippen molar-refractivity contribution in [2.24, 2.45) is 17.6 Å². The minimum absolute atomic E-state index is 0.0523.